The number of hydrogen-bond donors (Lipinski definition) is 0. The summed E-state index contributed by atoms with van der Waals surface area (Å²) in [6, 6.07) is 17.3. The fourth-order valence-corrected chi connectivity index (χ4v) is 2.54. The molecule has 0 atom stereocenters. The maximum absolute atomic E-state index is 4.93. The third-order valence-corrected chi connectivity index (χ3v) is 3.55. The Morgan fingerprint density at radius 1 is 0.952 bits per heavy atom. The second-order valence-corrected chi connectivity index (χ2v) is 8.60. The average molecular weight is 395 g/mol. The standard InChI is InChI=1S/C18H17.2ClH.Zr/c1-2-14-11-16-9-6-10-17(18(16)13-14)12-15-7-4-3-5-8-15;;;/h3-11,13H,2,12H2,1H3;2*1H;/q;;;+2/p-2. The van der Waals surface area contributed by atoms with Crippen molar-refractivity contribution in [3.05, 3.63) is 82.8 Å². The Labute approximate surface area is 145 Å². The van der Waals surface area contributed by atoms with Crippen LogP contribution in [0.2, 0.25) is 0 Å². The third-order valence-electron chi connectivity index (χ3n) is 3.55. The van der Waals surface area contributed by atoms with Gasteiger partial charge in [0, 0.05) is 6.42 Å². The zero-order valence-corrected chi connectivity index (χ0v) is 15.9. The fourth-order valence-electron chi connectivity index (χ4n) is 2.54. The van der Waals surface area contributed by atoms with Gasteiger partial charge in [-0.15, -0.1) is 0 Å². The summed E-state index contributed by atoms with van der Waals surface area (Å²) in [5.74, 6) is 0. The molecule has 0 aliphatic heterocycles. The maximum atomic E-state index is 4.93. The first-order valence-electron chi connectivity index (χ1n) is 6.96. The van der Waals surface area contributed by atoms with Crippen molar-refractivity contribution in [2.45, 2.75) is 19.8 Å². The number of hydrogen-bond acceptors (Lipinski definition) is 0. The molecule has 21 heavy (non-hydrogen) atoms. The second-order valence-electron chi connectivity index (χ2n) is 4.87. The molecule has 0 N–H and O–H groups in total. The van der Waals surface area contributed by atoms with Gasteiger partial charge in [-0.05, 0) is 35.1 Å². The molecule has 0 aromatic heterocycles. The van der Waals surface area contributed by atoms with Gasteiger partial charge in [-0.2, -0.15) is 0 Å². The summed E-state index contributed by atoms with van der Waals surface area (Å²) >= 11 is -0.826. The Balaban J connectivity index is 0.000000497. The predicted molar refractivity (Wildman–Crippen MR) is 89.1 cm³/mol. The predicted octanol–water partition coefficient (Wildman–Crippen LogP) is 6.01. The molecule has 0 heterocycles. The van der Waals surface area contributed by atoms with Crippen LogP contribution in [0.5, 0.6) is 0 Å². The summed E-state index contributed by atoms with van der Waals surface area (Å²) < 4.78 is 0. The van der Waals surface area contributed by atoms with Gasteiger partial charge in [-0.25, -0.2) is 0 Å². The van der Waals surface area contributed by atoms with E-state index >= 15 is 0 Å². The van der Waals surface area contributed by atoms with Gasteiger partial charge in [0.2, 0.25) is 0 Å². The van der Waals surface area contributed by atoms with Crippen molar-refractivity contribution in [3.8, 4) is 0 Å². The average Bonchev–Trinajstić information content (AvgIpc) is 2.93. The molecule has 1 aliphatic rings. The van der Waals surface area contributed by atoms with Crippen molar-refractivity contribution in [2.75, 3.05) is 0 Å². The molecular formula is C18H17Cl2Zr. The number of allylic oxidation sites excluding steroid dienone is 1. The minimum absolute atomic E-state index is 0.826. The van der Waals surface area contributed by atoms with E-state index in [1.165, 1.54) is 27.8 Å². The number of halogens is 2. The molecule has 0 bridgehead atoms. The summed E-state index contributed by atoms with van der Waals surface area (Å²) in [6.07, 6.45) is 6.78. The van der Waals surface area contributed by atoms with Crippen molar-refractivity contribution in [1.29, 1.82) is 0 Å². The zero-order chi connectivity index (χ0) is 15.1. The van der Waals surface area contributed by atoms with Crippen molar-refractivity contribution < 1.29 is 20.8 Å². The molecule has 1 radical (unpaired) electrons. The first-order valence-corrected chi connectivity index (χ1v) is 13.3. The summed E-state index contributed by atoms with van der Waals surface area (Å²) in [5, 5.41) is 0. The molecule has 2 aromatic rings. The van der Waals surface area contributed by atoms with E-state index in [4.69, 9.17) is 17.0 Å². The van der Waals surface area contributed by atoms with Crippen molar-refractivity contribution in [2.24, 2.45) is 0 Å². The fraction of sp³-hybridized carbons (Fsp3) is 0.167. The van der Waals surface area contributed by atoms with Gasteiger partial charge in [-0.3, -0.25) is 0 Å². The molecule has 3 heteroatoms. The van der Waals surface area contributed by atoms with E-state index in [2.05, 4.69) is 68.0 Å². The molecule has 0 unspecified atom stereocenters. The van der Waals surface area contributed by atoms with Crippen molar-refractivity contribution in [3.63, 3.8) is 0 Å². The molecule has 0 saturated heterocycles. The second kappa shape index (κ2) is 8.93. The van der Waals surface area contributed by atoms with Gasteiger partial charge in [0.1, 0.15) is 0 Å². The molecule has 0 saturated carbocycles. The van der Waals surface area contributed by atoms with Crippen LogP contribution in [0.15, 0.2) is 54.1 Å². The van der Waals surface area contributed by atoms with Gasteiger partial charge in [-0.1, -0.05) is 67.1 Å². The molecule has 0 fully saturated rings. The Morgan fingerprint density at radius 2 is 1.67 bits per heavy atom. The van der Waals surface area contributed by atoms with Crippen LogP contribution < -0.4 is 0 Å². The summed E-state index contributed by atoms with van der Waals surface area (Å²) in [7, 11) is 9.87. The Morgan fingerprint density at radius 3 is 2.33 bits per heavy atom. The summed E-state index contributed by atoms with van der Waals surface area (Å²) in [6.45, 7) is 2.21. The van der Waals surface area contributed by atoms with E-state index in [1.807, 2.05) is 0 Å². The molecule has 0 spiro atoms. The first-order chi connectivity index (χ1) is 10.3. The number of fused-ring (bicyclic) bond motifs is 1. The molecule has 2 aromatic carbocycles. The normalized spacial score (nSPS) is 12.0. The Hall–Kier alpha value is -0.357. The van der Waals surface area contributed by atoms with Gasteiger partial charge in [0.05, 0.1) is 0 Å². The van der Waals surface area contributed by atoms with E-state index in [1.54, 1.807) is 0 Å². The third kappa shape index (κ3) is 4.81. The minimum atomic E-state index is -0.826. The van der Waals surface area contributed by atoms with Gasteiger partial charge in [0.25, 0.3) is 0 Å². The first kappa shape index (κ1) is 17.0. The molecule has 107 valence electrons. The Kier molecular flexibility index (Phi) is 7.23. The molecule has 0 amide bonds. The van der Waals surface area contributed by atoms with Gasteiger partial charge in [0.15, 0.2) is 0 Å². The van der Waals surface area contributed by atoms with E-state index in [0.717, 1.165) is 12.8 Å². The summed E-state index contributed by atoms with van der Waals surface area (Å²) in [5.41, 5.74) is 7.03. The molecule has 3 rings (SSSR count). The number of rotatable bonds is 3. The van der Waals surface area contributed by atoms with E-state index in [-0.39, 0.29) is 0 Å². The van der Waals surface area contributed by atoms with Crippen LogP contribution in [-0.4, -0.2) is 0 Å². The van der Waals surface area contributed by atoms with E-state index in [9.17, 15) is 0 Å². The van der Waals surface area contributed by atoms with Crippen molar-refractivity contribution in [1.82, 2.24) is 0 Å². The SMILES string of the molecule is CCC1=Cc2c(cccc2Cc2ccccc2)[CH]1.[Cl][Zr][Cl]. The van der Waals surface area contributed by atoms with E-state index in [0.29, 0.717) is 0 Å². The zero-order valence-electron chi connectivity index (χ0n) is 11.9. The molecule has 1 aliphatic carbocycles. The molecular weight excluding hydrogens is 378 g/mol. The van der Waals surface area contributed by atoms with Gasteiger partial charge < -0.3 is 0 Å². The van der Waals surface area contributed by atoms with Crippen LogP contribution in [0.4, 0.5) is 0 Å². The quantitative estimate of drug-likeness (QED) is 0.597. The number of benzene rings is 2. The topological polar surface area (TPSA) is 0 Å². The van der Waals surface area contributed by atoms with Crippen LogP contribution in [0.3, 0.4) is 0 Å². The Bertz CT molecular complexity index is 606. The van der Waals surface area contributed by atoms with Crippen LogP contribution in [0.1, 0.15) is 35.6 Å². The monoisotopic (exact) mass is 393 g/mol. The van der Waals surface area contributed by atoms with Crippen LogP contribution >= 0.6 is 17.0 Å². The van der Waals surface area contributed by atoms with Gasteiger partial charge >= 0.3 is 37.9 Å². The molecule has 0 nitrogen and oxygen atoms in total. The van der Waals surface area contributed by atoms with Crippen LogP contribution in [0, 0.1) is 6.42 Å². The van der Waals surface area contributed by atoms with E-state index < -0.39 is 20.8 Å². The van der Waals surface area contributed by atoms with Crippen LogP contribution in [0.25, 0.3) is 6.08 Å². The summed E-state index contributed by atoms with van der Waals surface area (Å²) in [4.78, 5) is 0. The van der Waals surface area contributed by atoms with Crippen molar-refractivity contribution >= 4 is 23.1 Å². The van der Waals surface area contributed by atoms with Crippen LogP contribution in [-0.2, 0) is 27.3 Å².